The molecule has 1 aromatic heterocycles. The smallest absolute Gasteiger partial charge is 0.333 e. The van der Waals surface area contributed by atoms with Crippen molar-refractivity contribution in [2.45, 2.75) is 18.9 Å². The first-order valence-electron chi connectivity index (χ1n) is 7.84. The summed E-state index contributed by atoms with van der Waals surface area (Å²) in [7, 11) is 1.71. The summed E-state index contributed by atoms with van der Waals surface area (Å²) in [5, 5.41) is 9.34. The molecule has 3 N–H and O–H groups in total. The number of para-hydroxylation sites is 1. The van der Waals surface area contributed by atoms with Crippen molar-refractivity contribution in [3.63, 3.8) is 0 Å². The van der Waals surface area contributed by atoms with Crippen LogP contribution < -0.4 is 11.4 Å². The second kappa shape index (κ2) is 6.74. The fraction of sp³-hybridized carbons (Fsp3) is 0.222. The Morgan fingerprint density at radius 2 is 1.92 bits per heavy atom. The first-order valence-corrected chi connectivity index (χ1v) is 8.21. The quantitative estimate of drug-likeness (QED) is 0.731. The third-order valence-corrected chi connectivity index (χ3v) is 4.59. The lowest BCUT2D eigenvalue weighted by molar-refractivity contribution is -0.138. The van der Waals surface area contributed by atoms with Gasteiger partial charge in [0, 0.05) is 7.05 Å². The van der Waals surface area contributed by atoms with E-state index in [1.54, 1.807) is 22.2 Å². The minimum absolute atomic E-state index is 0.177. The SMILES string of the molecule is Cn1c(=O)n(-c2ccc(CC[C@H](N)C(=O)O)cc2)c2c(Cl)cccc21. The Morgan fingerprint density at radius 3 is 2.56 bits per heavy atom. The number of aliphatic carboxylic acids is 1. The number of nitrogens with zero attached hydrogens (tertiary/aromatic N) is 2. The maximum absolute atomic E-state index is 12.6. The van der Waals surface area contributed by atoms with Gasteiger partial charge in [-0.25, -0.2) is 4.79 Å². The number of hydrogen-bond donors (Lipinski definition) is 2. The zero-order chi connectivity index (χ0) is 18.1. The van der Waals surface area contributed by atoms with Crippen LogP contribution in [-0.2, 0) is 18.3 Å². The van der Waals surface area contributed by atoms with E-state index < -0.39 is 12.0 Å². The molecule has 7 heteroatoms. The third-order valence-electron chi connectivity index (χ3n) is 4.28. The summed E-state index contributed by atoms with van der Waals surface area (Å²) in [6.45, 7) is 0. The van der Waals surface area contributed by atoms with Crippen molar-refractivity contribution in [1.29, 1.82) is 0 Å². The van der Waals surface area contributed by atoms with E-state index in [9.17, 15) is 9.59 Å². The van der Waals surface area contributed by atoms with Crippen LogP contribution in [0.15, 0.2) is 47.3 Å². The van der Waals surface area contributed by atoms with Crippen LogP contribution in [0.3, 0.4) is 0 Å². The molecule has 0 aliphatic rings. The van der Waals surface area contributed by atoms with Crippen molar-refractivity contribution in [2.75, 3.05) is 0 Å². The number of imidazole rings is 1. The molecule has 0 amide bonds. The molecule has 0 radical (unpaired) electrons. The van der Waals surface area contributed by atoms with Crippen molar-refractivity contribution >= 4 is 28.6 Å². The number of carboxylic acids is 1. The number of benzene rings is 2. The summed E-state index contributed by atoms with van der Waals surface area (Å²) in [4.78, 5) is 23.4. The average Bonchev–Trinajstić information content (AvgIpc) is 2.86. The van der Waals surface area contributed by atoms with Gasteiger partial charge in [-0.3, -0.25) is 13.9 Å². The molecule has 0 saturated heterocycles. The maximum atomic E-state index is 12.6. The van der Waals surface area contributed by atoms with Crippen LogP contribution in [0.4, 0.5) is 0 Å². The van der Waals surface area contributed by atoms with Crippen LogP contribution in [0.25, 0.3) is 16.7 Å². The molecule has 0 fully saturated rings. The molecular formula is C18H18ClN3O3. The highest BCUT2D eigenvalue weighted by Crippen LogP contribution is 2.25. The molecule has 6 nitrogen and oxygen atoms in total. The number of aromatic nitrogens is 2. The number of carboxylic acid groups (broad SMARTS) is 1. The van der Waals surface area contributed by atoms with Crippen molar-refractivity contribution < 1.29 is 9.90 Å². The van der Waals surface area contributed by atoms with Gasteiger partial charge in [-0.2, -0.15) is 0 Å². The first-order chi connectivity index (χ1) is 11.9. The summed E-state index contributed by atoms with van der Waals surface area (Å²) in [5.74, 6) is -1.01. The maximum Gasteiger partial charge on any atom is 0.333 e. The Kier molecular flexibility index (Phi) is 4.65. The molecule has 0 aliphatic carbocycles. The van der Waals surface area contributed by atoms with Gasteiger partial charge in [-0.15, -0.1) is 0 Å². The number of fused-ring (bicyclic) bond motifs is 1. The molecule has 0 aliphatic heterocycles. The van der Waals surface area contributed by atoms with Crippen LogP contribution in [-0.4, -0.2) is 26.3 Å². The van der Waals surface area contributed by atoms with Crippen LogP contribution >= 0.6 is 11.6 Å². The summed E-state index contributed by atoms with van der Waals surface area (Å²) >= 11 is 6.30. The van der Waals surface area contributed by atoms with Crippen molar-refractivity contribution in [2.24, 2.45) is 12.8 Å². The van der Waals surface area contributed by atoms with Crippen LogP contribution in [0, 0.1) is 0 Å². The summed E-state index contributed by atoms with van der Waals surface area (Å²) in [5.41, 5.74) is 8.43. The van der Waals surface area contributed by atoms with Gasteiger partial charge in [0.2, 0.25) is 0 Å². The Balaban J connectivity index is 1.96. The molecule has 2 aromatic carbocycles. The minimum atomic E-state index is -1.01. The van der Waals surface area contributed by atoms with Gasteiger partial charge >= 0.3 is 11.7 Å². The van der Waals surface area contributed by atoms with E-state index in [2.05, 4.69) is 0 Å². The lowest BCUT2D eigenvalue weighted by atomic mass is 10.1. The number of halogens is 1. The van der Waals surface area contributed by atoms with E-state index in [0.29, 0.717) is 29.1 Å². The Bertz CT molecular complexity index is 989. The van der Waals surface area contributed by atoms with E-state index >= 15 is 0 Å². The van der Waals surface area contributed by atoms with Crippen LogP contribution in [0.1, 0.15) is 12.0 Å². The monoisotopic (exact) mass is 359 g/mol. The number of carbonyl (C=O) groups is 1. The Labute approximate surface area is 149 Å². The highest BCUT2D eigenvalue weighted by atomic mass is 35.5. The second-order valence-electron chi connectivity index (χ2n) is 5.93. The van der Waals surface area contributed by atoms with E-state index in [1.165, 1.54) is 0 Å². The van der Waals surface area contributed by atoms with Crippen LogP contribution in [0.2, 0.25) is 5.02 Å². The normalized spacial score (nSPS) is 12.4. The molecule has 0 spiro atoms. The van der Waals surface area contributed by atoms with Crippen molar-refractivity contribution in [3.8, 4) is 5.69 Å². The molecule has 1 heterocycles. The Hall–Kier alpha value is -2.57. The summed E-state index contributed by atoms with van der Waals surface area (Å²) < 4.78 is 3.13. The average molecular weight is 360 g/mol. The standard InChI is InChI=1S/C18H18ClN3O3/c1-21-15-4-2-3-13(19)16(15)22(18(21)25)12-8-5-11(6-9-12)7-10-14(20)17(23)24/h2-6,8-9,14H,7,10,20H2,1H3,(H,23,24)/t14-/m0/s1. The highest BCUT2D eigenvalue weighted by molar-refractivity contribution is 6.35. The van der Waals surface area contributed by atoms with Crippen molar-refractivity contribution in [3.05, 3.63) is 63.5 Å². The Morgan fingerprint density at radius 1 is 1.24 bits per heavy atom. The number of aryl methyl sites for hydroxylation is 2. The fourth-order valence-corrected chi connectivity index (χ4v) is 3.10. The number of nitrogens with two attached hydrogens (primary N) is 1. The van der Waals surface area contributed by atoms with E-state index in [0.717, 1.165) is 11.1 Å². The first kappa shape index (κ1) is 17.3. The van der Waals surface area contributed by atoms with E-state index in [1.807, 2.05) is 36.4 Å². The van der Waals surface area contributed by atoms with E-state index in [-0.39, 0.29) is 5.69 Å². The predicted molar refractivity (Wildman–Crippen MR) is 97.5 cm³/mol. The molecule has 0 saturated carbocycles. The van der Waals surface area contributed by atoms with Gasteiger partial charge < -0.3 is 10.8 Å². The number of hydrogen-bond acceptors (Lipinski definition) is 3. The lowest BCUT2D eigenvalue weighted by Crippen LogP contribution is -2.30. The molecular weight excluding hydrogens is 342 g/mol. The zero-order valence-electron chi connectivity index (χ0n) is 13.6. The van der Waals surface area contributed by atoms with Gasteiger partial charge in [0.1, 0.15) is 6.04 Å². The molecule has 0 bridgehead atoms. The van der Waals surface area contributed by atoms with Gasteiger partial charge in [0.05, 0.1) is 21.7 Å². The van der Waals surface area contributed by atoms with Gasteiger partial charge in [0.15, 0.2) is 0 Å². The second-order valence-corrected chi connectivity index (χ2v) is 6.34. The molecule has 130 valence electrons. The molecule has 25 heavy (non-hydrogen) atoms. The predicted octanol–water partition coefficient (Wildman–Crippen LogP) is 2.33. The third kappa shape index (κ3) is 3.18. The van der Waals surface area contributed by atoms with Crippen LogP contribution in [0.5, 0.6) is 0 Å². The summed E-state index contributed by atoms with van der Waals surface area (Å²) in [6.07, 6.45) is 0.910. The molecule has 3 aromatic rings. The molecule has 0 unspecified atom stereocenters. The topological polar surface area (TPSA) is 90.3 Å². The molecule has 3 rings (SSSR count). The minimum Gasteiger partial charge on any atom is -0.480 e. The lowest BCUT2D eigenvalue weighted by Gasteiger charge is -2.08. The van der Waals surface area contributed by atoms with E-state index in [4.69, 9.17) is 22.4 Å². The van der Waals surface area contributed by atoms with Gasteiger partial charge in [-0.05, 0) is 42.7 Å². The summed E-state index contributed by atoms with van der Waals surface area (Å²) in [6, 6.07) is 11.9. The zero-order valence-corrected chi connectivity index (χ0v) is 14.4. The molecule has 1 atom stereocenters. The fourth-order valence-electron chi connectivity index (χ4n) is 2.84. The number of rotatable bonds is 5. The van der Waals surface area contributed by atoms with Gasteiger partial charge in [0.25, 0.3) is 0 Å². The van der Waals surface area contributed by atoms with Crippen molar-refractivity contribution in [1.82, 2.24) is 9.13 Å². The largest absolute Gasteiger partial charge is 0.480 e. The van der Waals surface area contributed by atoms with Gasteiger partial charge in [-0.1, -0.05) is 29.8 Å². The highest BCUT2D eigenvalue weighted by Gasteiger charge is 2.15.